The number of aliphatic hydroxyl groups is 1. The highest BCUT2D eigenvalue weighted by Crippen LogP contribution is 2.30. The van der Waals surface area contributed by atoms with Gasteiger partial charge in [0, 0.05) is 24.9 Å². The van der Waals surface area contributed by atoms with Crippen LogP contribution in [0.5, 0.6) is 5.88 Å². The molecule has 1 saturated carbocycles. The van der Waals surface area contributed by atoms with E-state index in [1.165, 1.54) is 4.57 Å². The van der Waals surface area contributed by atoms with Gasteiger partial charge >= 0.3 is 5.69 Å². The summed E-state index contributed by atoms with van der Waals surface area (Å²) in [5.41, 5.74) is -0.777. The highest BCUT2D eigenvalue weighted by Gasteiger charge is 2.23. The first-order valence-electron chi connectivity index (χ1n) is 7.76. The second-order valence-electron chi connectivity index (χ2n) is 5.66. The van der Waals surface area contributed by atoms with Crippen molar-refractivity contribution in [2.45, 2.75) is 51.5 Å². The molecule has 122 valence electrons. The summed E-state index contributed by atoms with van der Waals surface area (Å²) in [7, 11) is 0. The molecule has 0 radical (unpaired) electrons. The number of rotatable bonds is 5. The number of aromatic nitrogens is 2. The lowest BCUT2D eigenvalue weighted by atomic mass is 9.95. The van der Waals surface area contributed by atoms with Crippen LogP contribution in [-0.4, -0.2) is 38.6 Å². The fourth-order valence-corrected chi connectivity index (χ4v) is 2.94. The normalized spacial score (nSPS) is 16.9. The predicted octanol–water partition coefficient (Wildman–Crippen LogP) is 0.939. The number of nitrogens with one attached hydrogen (secondary N) is 1. The second kappa shape index (κ2) is 7.40. The molecule has 0 saturated heterocycles. The van der Waals surface area contributed by atoms with Gasteiger partial charge in [-0.15, -0.1) is 0 Å². The fourth-order valence-electron chi connectivity index (χ4n) is 2.94. The van der Waals surface area contributed by atoms with Crippen LogP contribution in [0.1, 0.15) is 57.1 Å². The second-order valence-corrected chi connectivity index (χ2v) is 5.66. The van der Waals surface area contributed by atoms with Crippen LogP contribution in [0.15, 0.2) is 14.6 Å². The molecule has 0 bridgehead atoms. The van der Waals surface area contributed by atoms with Gasteiger partial charge in [0.2, 0.25) is 5.88 Å². The summed E-state index contributed by atoms with van der Waals surface area (Å²) in [6.07, 6.45) is 5.27. The Morgan fingerprint density at radius 3 is 2.64 bits per heavy atom. The molecule has 1 aliphatic carbocycles. The molecule has 0 atom stereocenters. The molecule has 7 nitrogen and oxygen atoms in total. The van der Waals surface area contributed by atoms with Crippen LogP contribution in [0.25, 0.3) is 0 Å². The van der Waals surface area contributed by atoms with Crippen LogP contribution in [0, 0.1) is 0 Å². The summed E-state index contributed by atoms with van der Waals surface area (Å²) in [4.78, 5) is 30.5. The Bertz CT molecular complexity index is 654. The molecule has 1 aliphatic rings. The zero-order valence-electron chi connectivity index (χ0n) is 12.8. The number of aliphatic imine (C=N–C) groups is 1. The molecule has 3 N–H and O–H groups in total. The molecular formula is C15H23N3O4. The van der Waals surface area contributed by atoms with Crippen molar-refractivity contribution in [1.29, 1.82) is 0 Å². The van der Waals surface area contributed by atoms with Crippen molar-refractivity contribution in [3.05, 3.63) is 26.4 Å². The number of hydrogen-bond acceptors (Lipinski definition) is 5. The SMILES string of the molecule is CC(=NCCCO)c1c(O)n(C2CCCCC2)c(=O)[nH]c1=O. The first-order chi connectivity index (χ1) is 10.6. The van der Waals surface area contributed by atoms with E-state index in [-0.39, 0.29) is 24.1 Å². The number of H-pyrrole nitrogens is 1. The third kappa shape index (κ3) is 3.47. The van der Waals surface area contributed by atoms with Crippen LogP contribution in [0.2, 0.25) is 0 Å². The van der Waals surface area contributed by atoms with Gasteiger partial charge in [0.1, 0.15) is 5.56 Å². The standard InChI is InChI=1S/C15H23N3O4/c1-10(16-8-5-9-19)12-13(20)17-15(22)18(14(12)21)11-6-3-2-4-7-11/h11,19,21H,2-9H2,1H3,(H,17,20,22). The van der Waals surface area contributed by atoms with Gasteiger partial charge in [-0.25, -0.2) is 4.79 Å². The first-order valence-corrected chi connectivity index (χ1v) is 7.76. The highest BCUT2D eigenvalue weighted by atomic mass is 16.3. The average Bonchev–Trinajstić information content (AvgIpc) is 2.48. The van der Waals surface area contributed by atoms with Crippen molar-refractivity contribution in [2.75, 3.05) is 13.2 Å². The molecule has 2 rings (SSSR count). The van der Waals surface area contributed by atoms with Gasteiger partial charge in [-0.05, 0) is 26.2 Å². The van der Waals surface area contributed by atoms with Gasteiger partial charge in [0.25, 0.3) is 5.56 Å². The van der Waals surface area contributed by atoms with E-state index in [2.05, 4.69) is 9.98 Å². The molecule has 1 aromatic rings. The number of aliphatic hydroxyl groups excluding tert-OH is 1. The molecule has 22 heavy (non-hydrogen) atoms. The summed E-state index contributed by atoms with van der Waals surface area (Å²) < 4.78 is 1.29. The Balaban J connectivity index is 2.44. The van der Waals surface area contributed by atoms with Gasteiger partial charge < -0.3 is 10.2 Å². The zero-order valence-corrected chi connectivity index (χ0v) is 12.8. The Morgan fingerprint density at radius 2 is 2.00 bits per heavy atom. The topological polar surface area (TPSA) is 108 Å². The third-order valence-electron chi connectivity index (χ3n) is 4.08. The molecule has 0 aliphatic heterocycles. The lowest BCUT2D eigenvalue weighted by Gasteiger charge is -2.25. The zero-order chi connectivity index (χ0) is 16.1. The van der Waals surface area contributed by atoms with Crippen molar-refractivity contribution >= 4 is 5.71 Å². The Kier molecular flexibility index (Phi) is 5.54. The summed E-state index contributed by atoms with van der Waals surface area (Å²) in [5, 5.41) is 19.2. The first kappa shape index (κ1) is 16.5. The maximum atomic E-state index is 12.1. The van der Waals surface area contributed by atoms with E-state index >= 15 is 0 Å². The molecule has 0 unspecified atom stereocenters. The highest BCUT2D eigenvalue weighted by molar-refractivity contribution is 6.00. The van der Waals surface area contributed by atoms with Gasteiger partial charge in [-0.1, -0.05) is 19.3 Å². The molecule has 0 aromatic carbocycles. The fraction of sp³-hybridized carbons (Fsp3) is 0.667. The van der Waals surface area contributed by atoms with Gasteiger partial charge in [0.15, 0.2) is 0 Å². The minimum Gasteiger partial charge on any atom is -0.494 e. The van der Waals surface area contributed by atoms with E-state index in [1.54, 1.807) is 6.92 Å². The lowest BCUT2D eigenvalue weighted by molar-refractivity contribution is 0.291. The van der Waals surface area contributed by atoms with E-state index in [4.69, 9.17) is 5.11 Å². The largest absolute Gasteiger partial charge is 0.494 e. The minimum absolute atomic E-state index is 0.0146. The third-order valence-corrected chi connectivity index (χ3v) is 4.08. The van der Waals surface area contributed by atoms with Crippen LogP contribution in [-0.2, 0) is 0 Å². The summed E-state index contributed by atoms with van der Waals surface area (Å²) in [6, 6.07) is -0.0814. The van der Waals surface area contributed by atoms with E-state index < -0.39 is 11.2 Å². The van der Waals surface area contributed by atoms with Gasteiger partial charge in [-0.2, -0.15) is 0 Å². The van der Waals surface area contributed by atoms with E-state index in [9.17, 15) is 14.7 Å². The number of aromatic hydroxyl groups is 1. The molecule has 1 heterocycles. The quantitative estimate of drug-likeness (QED) is 0.555. The number of aromatic amines is 1. The smallest absolute Gasteiger partial charge is 0.331 e. The average molecular weight is 309 g/mol. The minimum atomic E-state index is -0.625. The van der Waals surface area contributed by atoms with Gasteiger partial charge in [-0.3, -0.25) is 19.3 Å². The van der Waals surface area contributed by atoms with Crippen LogP contribution >= 0.6 is 0 Å². The molecular weight excluding hydrogens is 286 g/mol. The maximum absolute atomic E-state index is 12.1. The number of hydrogen-bond donors (Lipinski definition) is 3. The van der Waals surface area contributed by atoms with E-state index in [1.807, 2.05) is 0 Å². The van der Waals surface area contributed by atoms with Crippen molar-refractivity contribution in [2.24, 2.45) is 4.99 Å². The molecule has 7 heteroatoms. The van der Waals surface area contributed by atoms with Crippen LogP contribution in [0.3, 0.4) is 0 Å². The molecule has 1 fully saturated rings. The summed E-state index contributed by atoms with van der Waals surface area (Å²) in [5.74, 6) is -0.300. The van der Waals surface area contributed by atoms with E-state index in [0.29, 0.717) is 18.7 Å². The molecule has 1 aromatic heterocycles. The monoisotopic (exact) mass is 309 g/mol. The number of nitrogens with zero attached hydrogens (tertiary/aromatic N) is 2. The van der Waals surface area contributed by atoms with Crippen molar-refractivity contribution < 1.29 is 10.2 Å². The molecule has 0 amide bonds. The Labute approximate surface area is 128 Å². The molecule has 0 spiro atoms. The van der Waals surface area contributed by atoms with Crippen LogP contribution in [0.4, 0.5) is 0 Å². The van der Waals surface area contributed by atoms with Crippen molar-refractivity contribution in [3.8, 4) is 5.88 Å². The van der Waals surface area contributed by atoms with Gasteiger partial charge in [0.05, 0.1) is 0 Å². The summed E-state index contributed by atoms with van der Waals surface area (Å²) >= 11 is 0. The van der Waals surface area contributed by atoms with Crippen molar-refractivity contribution in [1.82, 2.24) is 9.55 Å². The predicted molar refractivity (Wildman–Crippen MR) is 83.9 cm³/mol. The van der Waals surface area contributed by atoms with Crippen molar-refractivity contribution in [3.63, 3.8) is 0 Å². The van der Waals surface area contributed by atoms with E-state index in [0.717, 1.165) is 32.1 Å². The lowest BCUT2D eigenvalue weighted by Crippen LogP contribution is -2.36. The van der Waals surface area contributed by atoms with Crippen LogP contribution < -0.4 is 11.2 Å². The maximum Gasteiger partial charge on any atom is 0.331 e. The Morgan fingerprint density at radius 1 is 1.32 bits per heavy atom. The Hall–Kier alpha value is -1.89. The summed E-state index contributed by atoms with van der Waals surface area (Å²) in [6.45, 7) is 2.00.